The lowest BCUT2D eigenvalue weighted by atomic mass is 10.3. The van der Waals surface area contributed by atoms with Crippen molar-refractivity contribution in [1.82, 2.24) is 9.71 Å². The molecule has 0 spiro atoms. The van der Waals surface area contributed by atoms with E-state index in [2.05, 4.69) is 18.6 Å². The van der Waals surface area contributed by atoms with Gasteiger partial charge in [-0.25, -0.2) is 27.8 Å². The summed E-state index contributed by atoms with van der Waals surface area (Å²) in [6.07, 6.45) is 0. The van der Waals surface area contributed by atoms with E-state index in [1.807, 2.05) is 0 Å². The highest BCUT2D eigenvalue weighted by molar-refractivity contribution is 7.52. The Morgan fingerprint density at radius 1 is 1.17 bits per heavy atom. The molecule has 1 unspecified atom stereocenters. The van der Waals surface area contributed by atoms with Crippen LogP contribution in [0.15, 0.2) is 4.79 Å². The number of rotatable bonds is 2. The van der Waals surface area contributed by atoms with Crippen LogP contribution in [0, 0.1) is 0 Å². The quantitative estimate of drug-likeness (QED) is 0.594. The molecular formula is C8H3N3O11P2. The second-order valence-electron chi connectivity index (χ2n) is 4.79. The molecule has 0 N–H and O–H groups in total. The molecule has 126 valence electrons. The maximum absolute atomic E-state index is 12.5. The zero-order valence-electron chi connectivity index (χ0n) is 11.2. The van der Waals surface area contributed by atoms with Crippen molar-refractivity contribution >= 4 is 33.3 Å². The van der Waals surface area contributed by atoms with Gasteiger partial charge in [-0.15, -0.1) is 0 Å². The van der Waals surface area contributed by atoms with Crippen LogP contribution in [0.4, 0.5) is 5.82 Å². The molecule has 2 amide bonds. The summed E-state index contributed by atoms with van der Waals surface area (Å²) in [7, 11) is -7.86. The van der Waals surface area contributed by atoms with E-state index < -0.39 is 56.6 Å². The number of hydrogen-bond acceptors (Lipinski definition) is 12. The summed E-state index contributed by atoms with van der Waals surface area (Å²) in [5, 5.41) is 0. The number of fused-ring (bicyclic) bond motifs is 2. The van der Waals surface area contributed by atoms with E-state index in [4.69, 9.17) is 13.7 Å². The Morgan fingerprint density at radius 2 is 1.83 bits per heavy atom. The number of hydrogen-bond donors (Lipinski definition) is 0. The molecule has 5 bridgehead atoms. The molecule has 0 saturated carbocycles. The summed E-state index contributed by atoms with van der Waals surface area (Å²) < 4.78 is 51.9. The van der Waals surface area contributed by atoms with Gasteiger partial charge < -0.3 is 9.05 Å². The predicted molar refractivity (Wildman–Crippen MR) is 65.7 cm³/mol. The zero-order valence-corrected chi connectivity index (χ0v) is 13.0. The SMILES string of the molecule is CC(=O)N(C(=O)C12OP(=O)(O1)O2)c1c2c3nc(=O)n1OP(=O)(O3)O2. The molecule has 3 saturated heterocycles. The summed E-state index contributed by atoms with van der Waals surface area (Å²) in [6, 6.07) is 0. The van der Waals surface area contributed by atoms with Crippen LogP contribution in [0.2, 0.25) is 0 Å². The van der Waals surface area contributed by atoms with Gasteiger partial charge >= 0.3 is 33.2 Å². The first-order valence-electron chi connectivity index (χ1n) is 6.09. The average molecular weight is 379 g/mol. The maximum atomic E-state index is 12.5. The van der Waals surface area contributed by atoms with Crippen molar-refractivity contribution in [3.05, 3.63) is 10.5 Å². The summed E-state index contributed by atoms with van der Waals surface area (Å²) in [5.41, 5.74) is -1.11. The van der Waals surface area contributed by atoms with Crippen LogP contribution in [0.5, 0.6) is 11.6 Å². The highest BCUT2D eigenvalue weighted by Gasteiger charge is 2.81. The smallest absolute Gasteiger partial charge is 0.375 e. The van der Waals surface area contributed by atoms with Crippen molar-refractivity contribution in [1.29, 1.82) is 0 Å². The van der Waals surface area contributed by atoms with Gasteiger partial charge in [-0.05, 0) is 0 Å². The fraction of sp³-hybridized carbons (Fsp3) is 0.250. The number of imide groups is 1. The third-order valence-corrected chi connectivity index (χ3v) is 5.79. The van der Waals surface area contributed by atoms with Gasteiger partial charge in [0.15, 0.2) is 0 Å². The highest BCUT2D eigenvalue weighted by Crippen LogP contribution is 2.80. The number of amides is 2. The molecule has 16 heteroatoms. The number of aromatic nitrogens is 2. The molecule has 6 rings (SSSR count). The lowest BCUT2D eigenvalue weighted by molar-refractivity contribution is -0.398. The van der Waals surface area contributed by atoms with Crippen molar-refractivity contribution < 1.29 is 46.0 Å². The van der Waals surface area contributed by atoms with E-state index in [-0.39, 0.29) is 0 Å². The predicted octanol–water partition coefficient (Wildman–Crippen LogP) is -0.717. The number of phosphoric ester groups is 2. The van der Waals surface area contributed by atoms with Gasteiger partial charge in [-0.2, -0.15) is 9.55 Å². The van der Waals surface area contributed by atoms with E-state index in [1.165, 1.54) is 0 Å². The first-order chi connectivity index (χ1) is 11.2. The second-order valence-corrected chi connectivity index (χ2v) is 7.66. The van der Waals surface area contributed by atoms with E-state index >= 15 is 0 Å². The minimum atomic E-state index is -4.15. The standard InChI is InChI=1S/C8H3N3O11P2/c1-2(12)10(6(13)8-19-24(16,20-8)21-8)5-3-4-9-7(14)11(5)22-23(15,17-3)18-4/h1H3. The van der Waals surface area contributed by atoms with Gasteiger partial charge in [0.2, 0.25) is 17.5 Å². The van der Waals surface area contributed by atoms with Crippen LogP contribution < -0.4 is 24.3 Å². The molecule has 1 aromatic heterocycles. The molecule has 0 radical (unpaired) electrons. The average Bonchev–Trinajstić information content (AvgIpc) is 2.61. The molecule has 14 nitrogen and oxygen atoms in total. The van der Waals surface area contributed by atoms with E-state index in [9.17, 15) is 23.5 Å². The van der Waals surface area contributed by atoms with Crippen LogP contribution in [-0.2, 0) is 32.3 Å². The number of nitrogens with zero attached hydrogens (tertiary/aromatic N) is 3. The number of phosphoric acid groups is 2. The summed E-state index contributed by atoms with van der Waals surface area (Å²) in [4.78, 5) is 40.0. The second kappa shape index (κ2) is 3.71. The molecular weight excluding hydrogens is 376 g/mol. The first kappa shape index (κ1) is 14.1. The Balaban J connectivity index is 1.67. The number of carbonyl (C=O) groups is 2. The molecule has 1 atom stereocenters. The first-order valence-corrected chi connectivity index (χ1v) is 9.01. The van der Waals surface area contributed by atoms with Crippen LogP contribution in [-0.4, -0.2) is 27.5 Å². The van der Waals surface area contributed by atoms with Crippen LogP contribution in [0.25, 0.3) is 0 Å². The Kier molecular flexibility index (Phi) is 2.18. The van der Waals surface area contributed by atoms with Crippen LogP contribution in [0.1, 0.15) is 6.92 Å². The topological polar surface area (TPSA) is 162 Å². The molecule has 3 fully saturated rings. The Bertz CT molecular complexity index is 1000. The Morgan fingerprint density at radius 3 is 2.42 bits per heavy atom. The van der Waals surface area contributed by atoms with Gasteiger partial charge in [0.25, 0.3) is 5.88 Å². The molecule has 24 heavy (non-hydrogen) atoms. The zero-order chi connectivity index (χ0) is 17.1. The summed E-state index contributed by atoms with van der Waals surface area (Å²) in [6.45, 7) is 0.962. The lowest BCUT2D eigenvalue weighted by Gasteiger charge is -2.53. The van der Waals surface area contributed by atoms with Gasteiger partial charge in [-0.3, -0.25) is 14.2 Å². The normalized spacial score (nSPS) is 35.9. The largest absolute Gasteiger partial charge is 0.668 e. The third kappa shape index (κ3) is 1.47. The van der Waals surface area contributed by atoms with Crippen LogP contribution in [0.3, 0.4) is 0 Å². The van der Waals surface area contributed by atoms with Crippen molar-refractivity contribution in [2.75, 3.05) is 4.90 Å². The lowest BCUT2D eigenvalue weighted by Crippen LogP contribution is -2.67. The van der Waals surface area contributed by atoms with E-state index in [0.717, 1.165) is 6.92 Å². The molecule has 0 aliphatic carbocycles. The Hall–Kier alpha value is -2.24. The molecule has 5 aliphatic heterocycles. The van der Waals surface area contributed by atoms with E-state index in [0.29, 0.717) is 9.63 Å². The monoisotopic (exact) mass is 379 g/mol. The van der Waals surface area contributed by atoms with Crippen molar-refractivity contribution in [2.24, 2.45) is 0 Å². The minimum Gasteiger partial charge on any atom is -0.375 e. The van der Waals surface area contributed by atoms with Gasteiger partial charge in [-0.1, -0.05) is 4.73 Å². The third-order valence-electron chi connectivity index (χ3n) is 3.23. The summed E-state index contributed by atoms with van der Waals surface area (Å²) in [5.74, 6) is -6.06. The van der Waals surface area contributed by atoms with Crippen molar-refractivity contribution in [3.8, 4) is 11.6 Å². The summed E-state index contributed by atoms with van der Waals surface area (Å²) >= 11 is 0. The molecule has 6 heterocycles. The number of carbonyl (C=O) groups excluding carboxylic acids is 2. The number of anilines is 1. The van der Waals surface area contributed by atoms with Gasteiger partial charge in [0.05, 0.1) is 0 Å². The fourth-order valence-corrected chi connectivity index (χ4v) is 4.67. The van der Waals surface area contributed by atoms with E-state index in [1.54, 1.807) is 0 Å². The molecule has 1 aromatic rings. The van der Waals surface area contributed by atoms with Crippen molar-refractivity contribution in [3.63, 3.8) is 0 Å². The van der Waals surface area contributed by atoms with Gasteiger partial charge in [0.1, 0.15) is 0 Å². The van der Waals surface area contributed by atoms with Crippen molar-refractivity contribution in [2.45, 2.75) is 12.9 Å². The minimum absolute atomic E-state index is 0.309. The van der Waals surface area contributed by atoms with Gasteiger partial charge in [0, 0.05) is 6.92 Å². The van der Waals surface area contributed by atoms with Crippen LogP contribution >= 0.6 is 15.6 Å². The molecule has 0 aromatic carbocycles. The fourth-order valence-electron chi connectivity index (χ4n) is 2.34. The molecule has 5 aliphatic rings. The Labute approximate surface area is 129 Å². The highest BCUT2D eigenvalue weighted by atomic mass is 31.2. The maximum Gasteiger partial charge on any atom is 0.668 e.